The molecule has 0 spiro atoms. The number of nitrogens with zero attached hydrogens (tertiary/aromatic N) is 3. The average molecular weight is 569 g/mol. The Morgan fingerprint density at radius 2 is 1.75 bits per heavy atom. The van der Waals surface area contributed by atoms with Gasteiger partial charge in [-0.2, -0.15) is 13.2 Å². The molecule has 2 fully saturated rings. The molecule has 2 aliphatic heterocycles. The molecule has 13 heteroatoms. The number of amides is 3. The summed E-state index contributed by atoms with van der Waals surface area (Å²) in [5, 5.41) is 0.365. The van der Waals surface area contributed by atoms with Crippen molar-refractivity contribution in [2.45, 2.75) is 77.6 Å². The monoisotopic (exact) mass is 568 g/mol. The van der Waals surface area contributed by atoms with E-state index in [-0.39, 0.29) is 36.2 Å². The van der Waals surface area contributed by atoms with Gasteiger partial charge in [0.25, 0.3) is 5.91 Å². The molecular weight excluding hydrogens is 536 g/mol. The average Bonchev–Trinajstić information content (AvgIpc) is 2.91. The van der Waals surface area contributed by atoms with Gasteiger partial charge in [0.2, 0.25) is 11.8 Å². The smallest absolute Gasteiger partial charge is 0.336 e. The minimum Gasteiger partial charge on any atom is -0.336 e. The maximum atomic E-state index is 14.9. The summed E-state index contributed by atoms with van der Waals surface area (Å²) in [7, 11) is 0. The predicted molar refractivity (Wildman–Crippen MR) is 133 cm³/mol. The van der Waals surface area contributed by atoms with Gasteiger partial charge in [-0.05, 0) is 56.9 Å². The van der Waals surface area contributed by atoms with Gasteiger partial charge in [-0.15, -0.1) is 5.17 Å². The van der Waals surface area contributed by atoms with Crippen LogP contribution < -0.4 is 5.43 Å². The van der Waals surface area contributed by atoms with Crippen molar-refractivity contribution in [1.29, 1.82) is 0 Å². The summed E-state index contributed by atoms with van der Waals surface area (Å²) in [5.74, 6) is -5.65. The Hall–Kier alpha value is -3.64. The lowest BCUT2D eigenvalue weighted by Gasteiger charge is -2.43. The highest BCUT2D eigenvalue weighted by atomic mass is 19.4. The van der Waals surface area contributed by atoms with Crippen LogP contribution >= 0.6 is 0 Å². The lowest BCUT2D eigenvalue weighted by molar-refractivity contribution is -0.242. The first-order valence-corrected chi connectivity index (χ1v) is 13.3. The molecule has 2 heterocycles. The largest absolute Gasteiger partial charge is 0.493 e. The number of hydrogen-bond donors (Lipinski definition) is 1. The van der Waals surface area contributed by atoms with Gasteiger partial charge in [0, 0.05) is 25.6 Å². The van der Waals surface area contributed by atoms with Crippen LogP contribution in [0, 0.1) is 11.7 Å². The van der Waals surface area contributed by atoms with Gasteiger partial charge in [-0.1, -0.05) is 25.3 Å². The maximum absolute atomic E-state index is 14.9. The van der Waals surface area contributed by atoms with Gasteiger partial charge >= 0.3 is 12.1 Å². The standard InChI is InChI=1S/C27H32F4N4O5/c1-15-16(2)23(36)32-35(40-26(39)27(29,30)31)22(15)14-18-9-10-21(28)20(13-18)25(38)33-11-12-34(24(37)17(33)3)19-7-5-4-6-8-19/h9-10,13,16-17,19H,4-8,11-12,14H2,1-3H3,(H,32,36). The van der Waals surface area contributed by atoms with E-state index >= 15 is 0 Å². The third-order valence-corrected chi connectivity index (χ3v) is 7.96. The number of rotatable bonds is 5. The van der Waals surface area contributed by atoms with Crippen molar-refractivity contribution in [1.82, 2.24) is 20.4 Å². The molecule has 0 radical (unpaired) electrons. The molecule has 2 unspecified atom stereocenters. The number of piperazine rings is 1. The maximum Gasteiger partial charge on any atom is 0.493 e. The van der Waals surface area contributed by atoms with Crippen LogP contribution in [0.2, 0.25) is 0 Å². The molecule has 2 atom stereocenters. The number of hydrazine groups is 1. The number of halogens is 4. The van der Waals surface area contributed by atoms with E-state index < -0.39 is 41.7 Å². The molecule has 3 amide bonds. The molecule has 40 heavy (non-hydrogen) atoms. The Kier molecular flexibility index (Phi) is 8.41. The second-order valence-corrected chi connectivity index (χ2v) is 10.5. The second kappa shape index (κ2) is 11.5. The van der Waals surface area contributed by atoms with E-state index in [1.807, 2.05) is 4.90 Å². The van der Waals surface area contributed by atoms with E-state index in [0.717, 1.165) is 38.2 Å². The molecule has 3 aliphatic rings. The molecule has 4 rings (SSSR count). The molecule has 1 saturated carbocycles. The number of alkyl halides is 3. The zero-order valence-corrected chi connectivity index (χ0v) is 22.5. The zero-order chi connectivity index (χ0) is 29.4. The van der Waals surface area contributed by atoms with Crippen LogP contribution in [-0.2, 0) is 25.6 Å². The van der Waals surface area contributed by atoms with Crippen molar-refractivity contribution in [3.63, 3.8) is 0 Å². The van der Waals surface area contributed by atoms with Crippen LogP contribution in [0.1, 0.15) is 68.8 Å². The first-order chi connectivity index (χ1) is 18.8. The van der Waals surface area contributed by atoms with E-state index in [9.17, 15) is 36.7 Å². The normalized spacial score (nSPS) is 22.9. The Balaban J connectivity index is 1.55. The van der Waals surface area contributed by atoms with E-state index in [1.54, 1.807) is 6.92 Å². The van der Waals surface area contributed by atoms with Crippen molar-refractivity contribution in [2.24, 2.45) is 5.92 Å². The SMILES string of the molecule is CC1=C(Cc2ccc(F)c(C(=O)N3CCN(C4CCCCC4)C(=O)C3C)c2)N(OC(=O)C(F)(F)F)NC(=O)C1C. The molecular formula is C27H32F4N4O5. The lowest BCUT2D eigenvalue weighted by Crippen LogP contribution is -2.60. The fourth-order valence-corrected chi connectivity index (χ4v) is 5.41. The van der Waals surface area contributed by atoms with Crippen molar-refractivity contribution in [2.75, 3.05) is 13.1 Å². The zero-order valence-electron chi connectivity index (χ0n) is 22.5. The summed E-state index contributed by atoms with van der Waals surface area (Å²) < 4.78 is 53.4. The number of allylic oxidation sites excluding steroid dienone is 1. The van der Waals surface area contributed by atoms with Gasteiger partial charge < -0.3 is 14.6 Å². The Labute approximate surface area is 229 Å². The van der Waals surface area contributed by atoms with Gasteiger partial charge in [0.1, 0.15) is 11.9 Å². The van der Waals surface area contributed by atoms with Crippen LogP contribution in [0.25, 0.3) is 0 Å². The fourth-order valence-electron chi connectivity index (χ4n) is 5.41. The Morgan fingerprint density at radius 1 is 1.07 bits per heavy atom. The minimum atomic E-state index is -5.31. The van der Waals surface area contributed by atoms with Crippen molar-refractivity contribution in [3.8, 4) is 0 Å². The summed E-state index contributed by atoms with van der Waals surface area (Å²) in [6.07, 6.45) is -0.412. The molecule has 9 nitrogen and oxygen atoms in total. The van der Waals surface area contributed by atoms with Crippen LogP contribution in [0.3, 0.4) is 0 Å². The first kappa shape index (κ1) is 29.3. The van der Waals surface area contributed by atoms with Gasteiger partial charge in [-0.25, -0.2) is 14.6 Å². The molecule has 1 aliphatic carbocycles. The van der Waals surface area contributed by atoms with Gasteiger partial charge in [-0.3, -0.25) is 14.4 Å². The van der Waals surface area contributed by atoms with E-state index in [0.29, 0.717) is 22.9 Å². The van der Waals surface area contributed by atoms with E-state index in [1.165, 1.54) is 30.9 Å². The highest BCUT2D eigenvalue weighted by molar-refractivity contribution is 5.98. The van der Waals surface area contributed by atoms with Crippen molar-refractivity contribution < 1.29 is 41.6 Å². The third-order valence-electron chi connectivity index (χ3n) is 7.96. The second-order valence-electron chi connectivity index (χ2n) is 10.5. The summed E-state index contributed by atoms with van der Waals surface area (Å²) >= 11 is 0. The summed E-state index contributed by atoms with van der Waals surface area (Å²) in [5.41, 5.74) is 2.49. The van der Waals surface area contributed by atoms with Crippen molar-refractivity contribution >= 4 is 23.7 Å². The van der Waals surface area contributed by atoms with Gasteiger partial charge in [0.05, 0.1) is 17.2 Å². The highest BCUT2D eigenvalue weighted by Crippen LogP contribution is 2.30. The fraction of sp³-hybridized carbons (Fsp3) is 0.556. The topological polar surface area (TPSA) is 99.3 Å². The van der Waals surface area contributed by atoms with E-state index in [2.05, 4.69) is 10.3 Å². The van der Waals surface area contributed by atoms with Crippen molar-refractivity contribution in [3.05, 3.63) is 46.4 Å². The van der Waals surface area contributed by atoms with Gasteiger partial charge in [0.15, 0.2) is 0 Å². The summed E-state index contributed by atoms with van der Waals surface area (Å²) in [6.45, 7) is 5.23. The highest BCUT2D eigenvalue weighted by Gasteiger charge is 2.44. The third kappa shape index (κ3) is 5.92. The molecule has 1 aromatic carbocycles. The number of carbonyl (C=O) groups is 4. The van der Waals surface area contributed by atoms with Crippen LogP contribution in [0.15, 0.2) is 29.5 Å². The Morgan fingerprint density at radius 3 is 2.40 bits per heavy atom. The molecule has 218 valence electrons. The number of carbonyl (C=O) groups excluding carboxylic acids is 4. The van der Waals surface area contributed by atoms with Crippen LogP contribution in [0.4, 0.5) is 17.6 Å². The number of benzene rings is 1. The van der Waals surface area contributed by atoms with Crippen LogP contribution in [-0.4, -0.2) is 70.0 Å². The molecule has 0 aromatic heterocycles. The molecule has 1 N–H and O–H groups in total. The molecule has 0 bridgehead atoms. The number of hydroxylamine groups is 1. The molecule has 1 aromatic rings. The predicted octanol–water partition coefficient (Wildman–Crippen LogP) is 3.65. The summed E-state index contributed by atoms with van der Waals surface area (Å²) in [4.78, 5) is 57.8. The van der Waals surface area contributed by atoms with E-state index in [4.69, 9.17) is 0 Å². The minimum absolute atomic E-state index is 0.0272. The Bertz CT molecular complexity index is 1230. The lowest BCUT2D eigenvalue weighted by atomic mass is 9.93. The van der Waals surface area contributed by atoms with Crippen LogP contribution in [0.5, 0.6) is 0 Å². The number of hydrogen-bond acceptors (Lipinski definition) is 6. The molecule has 1 saturated heterocycles. The first-order valence-electron chi connectivity index (χ1n) is 13.3. The quantitative estimate of drug-likeness (QED) is 0.545. The summed E-state index contributed by atoms with van der Waals surface area (Å²) in [6, 6.07) is 3.01. The number of nitrogens with one attached hydrogen (secondary N) is 1.